The number of carbonyl (C=O) groups is 2. The fourth-order valence-corrected chi connectivity index (χ4v) is 2.76. The molecule has 1 aliphatic heterocycles. The van der Waals surface area contributed by atoms with Gasteiger partial charge in [0.1, 0.15) is 10.9 Å². The van der Waals surface area contributed by atoms with Gasteiger partial charge in [-0.05, 0) is 24.6 Å². The average Bonchev–Trinajstić information content (AvgIpc) is 2.99. The van der Waals surface area contributed by atoms with Crippen LogP contribution in [0.1, 0.15) is 6.42 Å². The van der Waals surface area contributed by atoms with E-state index < -0.39 is 18.0 Å². The zero-order valence-corrected chi connectivity index (χ0v) is 14.0. The summed E-state index contributed by atoms with van der Waals surface area (Å²) in [6.45, 7) is 0.408. The number of nitrogens with zero attached hydrogens (tertiary/aromatic N) is 3. The number of methoxy groups -OCH3 is 1. The number of halogens is 2. The number of hydrogen-bond acceptors (Lipinski definition) is 6. The Bertz CT molecular complexity index is 833. The van der Waals surface area contributed by atoms with E-state index in [1.54, 1.807) is 24.3 Å². The van der Waals surface area contributed by atoms with Crippen molar-refractivity contribution in [2.75, 3.05) is 23.9 Å². The Morgan fingerprint density at radius 1 is 1.48 bits per heavy atom. The molecule has 1 aliphatic rings. The summed E-state index contributed by atoms with van der Waals surface area (Å²) in [6, 6.07) is 6.87. The lowest BCUT2D eigenvalue weighted by Crippen LogP contribution is -2.30. The number of hydrogen-bond donors (Lipinski definition) is 1. The van der Waals surface area contributed by atoms with Gasteiger partial charge in [-0.3, -0.25) is 9.59 Å². The van der Waals surface area contributed by atoms with Crippen LogP contribution >= 0.6 is 11.6 Å². The fraction of sp³-hybridized carbons (Fsp3) is 0.250. The van der Waals surface area contributed by atoms with E-state index in [4.69, 9.17) is 11.6 Å². The molecular formula is C16H14ClFN4O3. The quantitative estimate of drug-likeness (QED) is 0.510. The molecule has 1 aromatic heterocycles. The number of aromatic nitrogens is 2. The van der Waals surface area contributed by atoms with Crippen molar-refractivity contribution in [3.05, 3.63) is 41.6 Å². The van der Waals surface area contributed by atoms with E-state index in [1.165, 1.54) is 12.0 Å². The van der Waals surface area contributed by atoms with Crippen molar-refractivity contribution in [2.45, 2.75) is 6.42 Å². The first-order chi connectivity index (χ1) is 12.0. The SMILES string of the molecule is COC(=O)C1CCN(c2cccc(Nc3nc(F)ncc3Cl)c2)C1=O. The zero-order valence-electron chi connectivity index (χ0n) is 13.2. The zero-order chi connectivity index (χ0) is 18.0. The van der Waals surface area contributed by atoms with Crippen LogP contribution in [0, 0.1) is 12.0 Å². The number of nitrogens with one attached hydrogen (secondary N) is 1. The predicted molar refractivity (Wildman–Crippen MR) is 89.2 cm³/mol. The van der Waals surface area contributed by atoms with Gasteiger partial charge in [-0.25, -0.2) is 4.98 Å². The first kappa shape index (κ1) is 17.1. The van der Waals surface area contributed by atoms with E-state index in [2.05, 4.69) is 20.0 Å². The highest BCUT2D eigenvalue weighted by atomic mass is 35.5. The van der Waals surface area contributed by atoms with E-state index >= 15 is 0 Å². The molecule has 1 unspecified atom stereocenters. The highest BCUT2D eigenvalue weighted by molar-refractivity contribution is 6.32. The van der Waals surface area contributed by atoms with Crippen molar-refractivity contribution in [3.8, 4) is 0 Å². The summed E-state index contributed by atoms with van der Waals surface area (Å²) >= 11 is 5.94. The number of ether oxygens (including phenoxy) is 1. The van der Waals surface area contributed by atoms with Crippen molar-refractivity contribution in [2.24, 2.45) is 5.92 Å². The normalized spacial score (nSPS) is 16.8. The Labute approximate surface area is 147 Å². The van der Waals surface area contributed by atoms with Gasteiger partial charge in [0.05, 0.1) is 13.3 Å². The molecule has 130 valence electrons. The summed E-state index contributed by atoms with van der Waals surface area (Å²) in [7, 11) is 1.26. The van der Waals surface area contributed by atoms with Crippen molar-refractivity contribution in [1.29, 1.82) is 0 Å². The monoisotopic (exact) mass is 364 g/mol. The van der Waals surface area contributed by atoms with Gasteiger partial charge in [0, 0.05) is 17.9 Å². The lowest BCUT2D eigenvalue weighted by atomic mass is 10.1. The van der Waals surface area contributed by atoms with E-state index in [-0.39, 0.29) is 16.7 Å². The third-order valence-corrected chi connectivity index (χ3v) is 4.10. The molecule has 1 N–H and O–H groups in total. The second kappa shape index (κ2) is 7.02. The second-order valence-electron chi connectivity index (χ2n) is 5.37. The molecule has 7 nitrogen and oxygen atoms in total. The maximum Gasteiger partial charge on any atom is 0.318 e. The maximum absolute atomic E-state index is 13.2. The number of benzene rings is 1. The van der Waals surface area contributed by atoms with Gasteiger partial charge >= 0.3 is 12.0 Å². The Morgan fingerprint density at radius 3 is 3.04 bits per heavy atom. The summed E-state index contributed by atoms with van der Waals surface area (Å²) < 4.78 is 17.8. The Kier molecular flexibility index (Phi) is 4.80. The summed E-state index contributed by atoms with van der Waals surface area (Å²) in [6.07, 6.45) is 0.645. The lowest BCUT2D eigenvalue weighted by Gasteiger charge is -2.18. The Morgan fingerprint density at radius 2 is 2.28 bits per heavy atom. The lowest BCUT2D eigenvalue weighted by molar-refractivity contribution is -0.148. The minimum absolute atomic E-state index is 0.117. The molecule has 2 aromatic rings. The molecule has 0 radical (unpaired) electrons. The summed E-state index contributed by atoms with van der Waals surface area (Å²) in [5.74, 6) is -1.52. The van der Waals surface area contributed by atoms with Crippen LogP contribution in [0.5, 0.6) is 0 Å². The van der Waals surface area contributed by atoms with Gasteiger partial charge < -0.3 is 15.0 Å². The molecule has 0 bridgehead atoms. The maximum atomic E-state index is 13.2. The van der Waals surface area contributed by atoms with Crippen molar-refractivity contribution >= 4 is 40.7 Å². The van der Waals surface area contributed by atoms with Crippen molar-refractivity contribution in [1.82, 2.24) is 9.97 Å². The van der Waals surface area contributed by atoms with Crippen LogP contribution < -0.4 is 10.2 Å². The average molecular weight is 365 g/mol. The smallest absolute Gasteiger partial charge is 0.318 e. The number of amides is 1. The molecule has 2 heterocycles. The largest absolute Gasteiger partial charge is 0.468 e. The van der Waals surface area contributed by atoms with Crippen LogP contribution in [0.3, 0.4) is 0 Å². The number of anilines is 3. The highest BCUT2D eigenvalue weighted by Crippen LogP contribution is 2.29. The number of rotatable bonds is 4. The van der Waals surface area contributed by atoms with Crippen LogP contribution in [-0.4, -0.2) is 35.5 Å². The minimum Gasteiger partial charge on any atom is -0.468 e. The van der Waals surface area contributed by atoms with Crippen LogP contribution in [-0.2, 0) is 14.3 Å². The number of esters is 1. The molecule has 3 rings (SSSR count). The second-order valence-corrected chi connectivity index (χ2v) is 5.77. The fourth-order valence-electron chi connectivity index (χ4n) is 2.62. The van der Waals surface area contributed by atoms with Crippen LogP contribution in [0.4, 0.5) is 21.6 Å². The third-order valence-electron chi connectivity index (χ3n) is 3.83. The number of carbonyl (C=O) groups excluding carboxylic acids is 2. The molecule has 25 heavy (non-hydrogen) atoms. The Balaban J connectivity index is 1.81. The third kappa shape index (κ3) is 3.53. The molecule has 0 aliphatic carbocycles. The topological polar surface area (TPSA) is 84.4 Å². The standard InChI is InChI=1S/C16H14ClFN4O3/c1-25-15(24)11-5-6-22(14(11)23)10-4-2-3-9(7-10)20-13-12(17)8-19-16(18)21-13/h2-4,7-8,11H,5-6H2,1H3,(H,19,20,21). The van der Waals surface area contributed by atoms with E-state index in [9.17, 15) is 14.0 Å². The van der Waals surface area contributed by atoms with Gasteiger partial charge in [0.15, 0.2) is 5.82 Å². The van der Waals surface area contributed by atoms with Crippen LogP contribution in [0.15, 0.2) is 30.5 Å². The van der Waals surface area contributed by atoms with Gasteiger partial charge in [0.2, 0.25) is 5.91 Å². The molecular weight excluding hydrogens is 351 g/mol. The molecule has 1 saturated heterocycles. The first-order valence-corrected chi connectivity index (χ1v) is 7.81. The molecule has 0 spiro atoms. The molecule has 1 fully saturated rings. The van der Waals surface area contributed by atoms with Crippen molar-refractivity contribution < 1.29 is 18.7 Å². The van der Waals surface area contributed by atoms with Gasteiger partial charge in [0.25, 0.3) is 0 Å². The van der Waals surface area contributed by atoms with Crippen LogP contribution in [0.25, 0.3) is 0 Å². The Hall–Kier alpha value is -2.74. The summed E-state index contributed by atoms with van der Waals surface area (Å²) in [4.78, 5) is 32.5. The molecule has 1 amide bonds. The molecule has 1 aromatic carbocycles. The van der Waals surface area contributed by atoms with Gasteiger partial charge in [-0.15, -0.1) is 0 Å². The van der Waals surface area contributed by atoms with E-state index in [1.807, 2.05) is 0 Å². The first-order valence-electron chi connectivity index (χ1n) is 7.44. The van der Waals surface area contributed by atoms with Gasteiger partial charge in [-0.1, -0.05) is 17.7 Å². The predicted octanol–water partition coefficient (Wildman–Crippen LogP) is 2.54. The molecule has 0 saturated carbocycles. The van der Waals surface area contributed by atoms with Crippen LogP contribution in [0.2, 0.25) is 5.02 Å². The van der Waals surface area contributed by atoms with Gasteiger partial charge in [-0.2, -0.15) is 9.37 Å². The molecule has 1 atom stereocenters. The summed E-state index contributed by atoms with van der Waals surface area (Å²) in [5, 5.41) is 3.05. The van der Waals surface area contributed by atoms with E-state index in [0.717, 1.165) is 6.20 Å². The van der Waals surface area contributed by atoms with Crippen molar-refractivity contribution in [3.63, 3.8) is 0 Å². The minimum atomic E-state index is -0.904. The van der Waals surface area contributed by atoms with E-state index in [0.29, 0.717) is 24.3 Å². The molecule has 9 heteroatoms. The highest BCUT2D eigenvalue weighted by Gasteiger charge is 2.38. The summed E-state index contributed by atoms with van der Waals surface area (Å²) in [5.41, 5.74) is 1.17.